The number of amides is 1. The number of rotatable bonds is 3. The van der Waals surface area contributed by atoms with Gasteiger partial charge in [-0.2, -0.15) is 0 Å². The largest absolute Gasteiger partial charge is 0.338 e. The second-order valence-corrected chi connectivity index (χ2v) is 6.76. The molecule has 2 aliphatic rings. The van der Waals surface area contributed by atoms with Crippen LogP contribution in [0, 0.1) is 25.7 Å². The summed E-state index contributed by atoms with van der Waals surface area (Å²) in [6.45, 7) is 11.8. The molecule has 1 aromatic carbocycles. The maximum Gasteiger partial charge on any atom is 0.254 e. The Hall–Kier alpha value is -1.35. The molecule has 0 N–H and O–H groups in total. The van der Waals surface area contributed by atoms with E-state index < -0.39 is 0 Å². The first-order valence-electron chi connectivity index (χ1n) is 8.18. The highest BCUT2D eigenvalue weighted by Crippen LogP contribution is 2.32. The van der Waals surface area contributed by atoms with E-state index in [0.29, 0.717) is 11.8 Å². The number of carbonyl (C=O) groups excluding carboxylic acids is 1. The predicted octanol–water partition coefficient (Wildman–Crippen LogP) is 2.72. The van der Waals surface area contributed by atoms with Crippen LogP contribution >= 0.6 is 0 Å². The van der Waals surface area contributed by atoms with Crippen LogP contribution in [0.5, 0.6) is 0 Å². The van der Waals surface area contributed by atoms with Crippen LogP contribution < -0.4 is 0 Å². The van der Waals surface area contributed by atoms with E-state index in [9.17, 15) is 4.79 Å². The van der Waals surface area contributed by atoms with Crippen molar-refractivity contribution in [1.29, 1.82) is 0 Å². The zero-order valence-electron chi connectivity index (χ0n) is 13.4. The molecular weight excluding hydrogens is 260 g/mol. The third-order valence-electron chi connectivity index (χ3n) is 5.08. The Morgan fingerprint density at radius 2 is 1.67 bits per heavy atom. The molecule has 0 aliphatic carbocycles. The van der Waals surface area contributed by atoms with Crippen LogP contribution in [-0.4, -0.2) is 48.4 Å². The highest BCUT2D eigenvalue weighted by atomic mass is 16.2. The fourth-order valence-corrected chi connectivity index (χ4v) is 4.06. The second kappa shape index (κ2) is 5.80. The van der Waals surface area contributed by atoms with Crippen LogP contribution in [-0.2, 0) is 0 Å². The second-order valence-electron chi connectivity index (χ2n) is 6.76. The van der Waals surface area contributed by atoms with Gasteiger partial charge in [-0.05, 0) is 49.8 Å². The minimum Gasteiger partial charge on any atom is -0.338 e. The molecule has 0 radical (unpaired) electrons. The lowest BCUT2D eigenvalue weighted by molar-refractivity contribution is 0.0772. The summed E-state index contributed by atoms with van der Waals surface area (Å²) in [6, 6.07) is 6.11. The number of nitrogens with zero attached hydrogens (tertiary/aromatic N) is 2. The topological polar surface area (TPSA) is 23.6 Å². The van der Waals surface area contributed by atoms with Crippen LogP contribution in [0.25, 0.3) is 0 Å². The summed E-state index contributed by atoms with van der Waals surface area (Å²) in [5.74, 6) is 1.61. The zero-order chi connectivity index (χ0) is 15.0. The van der Waals surface area contributed by atoms with Crippen molar-refractivity contribution in [2.45, 2.75) is 27.2 Å². The van der Waals surface area contributed by atoms with E-state index in [2.05, 4.69) is 16.7 Å². The molecule has 2 unspecified atom stereocenters. The molecule has 3 rings (SSSR count). The predicted molar refractivity (Wildman–Crippen MR) is 85.5 cm³/mol. The summed E-state index contributed by atoms with van der Waals surface area (Å²) in [5.41, 5.74) is 3.12. The van der Waals surface area contributed by atoms with Crippen LogP contribution in [0.1, 0.15) is 34.8 Å². The summed E-state index contributed by atoms with van der Waals surface area (Å²) in [4.78, 5) is 17.5. The van der Waals surface area contributed by atoms with Crippen molar-refractivity contribution < 1.29 is 4.79 Å². The maximum atomic E-state index is 12.8. The van der Waals surface area contributed by atoms with Crippen molar-refractivity contribution >= 4 is 5.91 Å². The molecule has 114 valence electrons. The third kappa shape index (κ3) is 2.71. The Balaban J connectivity index is 1.70. The lowest BCUT2D eigenvalue weighted by Gasteiger charge is -2.22. The Morgan fingerprint density at radius 3 is 2.19 bits per heavy atom. The number of hydrogen-bond donors (Lipinski definition) is 0. The van der Waals surface area contributed by atoms with Crippen molar-refractivity contribution in [3.8, 4) is 0 Å². The Morgan fingerprint density at radius 1 is 1.10 bits per heavy atom. The molecule has 0 saturated carbocycles. The molecule has 2 atom stereocenters. The maximum absolute atomic E-state index is 12.8. The molecule has 2 aliphatic heterocycles. The highest BCUT2D eigenvalue weighted by Gasteiger charge is 2.41. The van der Waals surface area contributed by atoms with Gasteiger partial charge in [0.2, 0.25) is 0 Å². The van der Waals surface area contributed by atoms with Gasteiger partial charge in [-0.15, -0.1) is 0 Å². The van der Waals surface area contributed by atoms with Crippen molar-refractivity contribution in [2.24, 2.45) is 11.8 Å². The smallest absolute Gasteiger partial charge is 0.254 e. The van der Waals surface area contributed by atoms with Crippen molar-refractivity contribution in [3.05, 3.63) is 34.9 Å². The summed E-state index contributed by atoms with van der Waals surface area (Å²) in [6.07, 6.45) is 1.23. The first kappa shape index (κ1) is 14.6. The van der Waals surface area contributed by atoms with Crippen LogP contribution in [0.4, 0.5) is 0 Å². The summed E-state index contributed by atoms with van der Waals surface area (Å²) in [5, 5.41) is 0. The molecule has 3 heteroatoms. The van der Waals surface area contributed by atoms with Gasteiger partial charge in [0.1, 0.15) is 0 Å². The van der Waals surface area contributed by atoms with Gasteiger partial charge in [0.05, 0.1) is 0 Å². The molecule has 1 amide bonds. The average molecular weight is 286 g/mol. The molecule has 3 nitrogen and oxygen atoms in total. The fraction of sp³-hybridized carbons (Fsp3) is 0.611. The first-order chi connectivity index (χ1) is 10.1. The van der Waals surface area contributed by atoms with Gasteiger partial charge in [0.15, 0.2) is 0 Å². The van der Waals surface area contributed by atoms with Crippen LogP contribution in [0.3, 0.4) is 0 Å². The molecule has 0 aromatic heterocycles. The van der Waals surface area contributed by atoms with Gasteiger partial charge < -0.3 is 9.80 Å². The monoisotopic (exact) mass is 286 g/mol. The Kier molecular flexibility index (Phi) is 4.03. The average Bonchev–Trinajstić information content (AvgIpc) is 2.96. The number of carbonyl (C=O) groups is 1. The number of likely N-dealkylation sites (tertiary alicyclic amines) is 2. The van der Waals surface area contributed by atoms with Gasteiger partial charge in [0.25, 0.3) is 5.91 Å². The molecule has 0 bridgehead atoms. The fourth-order valence-electron chi connectivity index (χ4n) is 4.06. The van der Waals surface area contributed by atoms with E-state index in [0.717, 1.165) is 29.8 Å². The summed E-state index contributed by atoms with van der Waals surface area (Å²) in [7, 11) is 0. The standard InChI is InChI=1S/C18H26N2O/c1-4-8-19-9-15-11-20(12-16(15)10-19)18(21)17-13(2)6-5-7-14(17)3/h5-7,15-16H,4,8-12H2,1-3H3. The molecule has 2 saturated heterocycles. The van der Waals surface area contributed by atoms with Crippen molar-refractivity contribution in [3.63, 3.8) is 0 Å². The molecule has 0 spiro atoms. The van der Waals surface area contributed by atoms with Gasteiger partial charge in [0, 0.05) is 31.7 Å². The van der Waals surface area contributed by atoms with Crippen LogP contribution in [0.2, 0.25) is 0 Å². The normalized spacial score (nSPS) is 25.4. The summed E-state index contributed by atoms with van der Waals surface area (Å²) < 4.78 is 0. The Labute approximate surface area is 127 Å². The van der Waals surface area contributed by atoms with E-state index in [4.69, 9.17) is 0 Å². The minimum absolute atomic E-state index is 0.238. The van der Waals surface area contributed by atoms with E-state index in [1.807, 2.05) is 32.0 Å². The van der Waals surface area contributed by atoms with Gasteiger partial charge >= 0.3 is 0 Å². The highest BCUT2D eigenvalue weighted by molar-refractivity contribution is 5.97. The number of hydrogen-bond acceptors (Lipinski definition) is 2. The molecule has 21 heavy (non-hydrogen) atoms. The minimum atomic E-state index is 0.238. The van der Waals surface area contributed by atoms with Gasteiger partial charge in [-0.3, -0.25) is 4.79 Å². The first-order valence-corrected chi connectivity index (χ1v) is 8.18. The van der Waals surface area contributed by atoms with E-state index >= 15 is 0 Å². The SMILES string of the molecule is CCCN1CC2CN(C(=O)c3c(C)cccc3C)CC2C1. The van der Waals surface area contributed by atoms with E-state index in [1.165, 1.54) is 26.1 Å². The quantitative estimate of drug-likeness (QED) is 0.853. The number of fused-ring (bicyclic) bond motifs is 1. The van der Waals surface area contributed by atoms with Gasteiger partial charge in [-0.25, -0.2) is 0 Å². The number of aryl methyl sites for hydroxylation is 2. The van der Waals surface area contributed by atoms with Crippen molar-refractivity contribution in [2.75, 3.05) is 32.7 Å². The lowest BCUT2D eigenvalue weighted by atomic mass is 10.0. The molecule has 2 heterocycles. The van der Waals surface area contributed by atoms with E-state index in [1.54, 1.807) is 0 Å². The van der Waals surface area contributed by atoms with E-state index in [-0.39, 0.29) is 5.91 Å². The number of benzene rings is 1. The lowest BCUT2D eigenvalue weighted by Crippen LogP contribution is -2.34. The molecular formula is C18H26N2O. The molecule has 1 aromatic rings. The third-order valence-corrected chi connectivity index (χ3v) is 5.08. The molecule has 2 fully saturated rings. The van der Waals surface area contributed by atoms with Crippen molar-refractivity contribution in [1.82, 2.24) is 9.80 Å². The van der Waals surface area contributed by atoms with Gasteiger partial charge in [-0.1, -0.05) is 25.1 Å². The zero-order valence-corrected chi connectivity index (χ0v) is 13.4. The summed E-state index contributed by atoms with van der Waals surface area (Å²) >= 11 is 0. The van der Waals surface area contributed by atoms with Crippen LogP contribution in [0.15, 0.2) is 18.2 Å². The Bertz CT molecular complexity index is 506.